The van der Waals surface area contributed by atoms with E-state index in [2.05, 4.69) is 0 Å². The Hall–Kier alpha value is -0.630. The summed E-state index contributed by atoms with van der Waals surface area (Å²) in [5.41, 5.74) is 2.02. The van der Waals surface area contributed by atoms with Crippen LogP contribution in [0, 0.1) is 6.92 Å². The number of rotatable bonds is 3. The molecule has 0 aliphatic rings. The molecular formula is C9H13O3P. The fraction of sp³-hybridized carbons (Fsp3) is 0.333. The average molecular weight is 200 g/mol. The van der Waals surface area contributed by atoms with Crippen LogP contribution in [0.2, 0.25) is 0 Å². The highest BCUT2D eigenvalue weighted by molar-refractivity contribution is 7.32. The van der Waals surface area contributed by atoms with E-state index in [1.165, 1.54) is 0 Å². The molecule has 4 heteroatoms. The molecule has 0 amide bonds. The van der Waals surface area contributed by atoms with Crippen molar-refractivity contribution in [1.82, 2.24) is 0 Å². The van der Waals surface area contributed by atoms with Gasteiger partial charge in [0.15, 0.2) is 0 Å². The van der Waals surface area contributed by atoms with Gasteiger partial charge >= 0.3 is 8.25 Å². The molecule has 0 aliphatic heterocycles. The minimum absolute atomic E-state index is 0.322. The molecule has 0 spiro atoms. The molecule has 1 rings (SSSR count). The first-order valence-corrected chi connectivity index (χ1v) is 5.32. The van der Waals surface area contributed by atoms with Gasteiger partial charge in [-0.2, -0.15) is 0 Å². The molecule has 0 heterocycles. The first-order valence-electron chi connectivity index (χ1n) is 4.06. The van der Waals surface area contributed by atoms with Crippen molar-refractivity contribution in [3.8, 4) is 0 Å². The number of hydrogen-bond acceptors (Lipinski definition) is 2. The lowest BCUT2D eigenvalue weighted by Crippen LogP contribution is -1.96. The second-order valence-electron chi connectivity index (χ2n) is 2.88. The molecule has 13 heavy (non-hydrogen) atoms. The normalized spacial score (nSPS) is 15.3. The largest absolute Gasteiger partial charge is 0.326 e. The molecule has 2 unspecified atom stereocenters. The van der Waals surface area contributed by atoms with Crippen molar-refractivity contribution < 1.29 is 14.0 Å². The van der Waals surface area contributed by atoms with Gasteiger partial charge in [-0.3, -0.25) is 4.57 Å². The monoisotopic (exact) mass is 200 g/mol. The molecule has 0 aliphatic carbocycles. The van der Waals surface area contributed by atoms with Gasteiger partial charge in [-0.15, -0.1) is 0 Å². The molecule has 1 aromatic carbocycles. The zero-order valence-electron chi connectivity index (χ0n) is 7.65. The molecule has 0 saturated carbocycles. The van der Waals surface area contributed by atoms with Crippen LogP contribution in [0.3, 0.4) is 0 Å². The average Bonchev–Trinajstić information content (AvgIpc) is 2.03. The van der Waals surface area contributed by atoms with Gasteiger partial charge in [0.2, 0.25) is 0 Å². The quantitative estimate of drug-likeness (QED) is 0.762. The molecule has 1 aromatic rings. The van der Waals surface area contributed by atoms with Crippen LogP contribution < -0.4 is 0 Å². The molecule has 0 radical (unpaired) electrons. The summed E-state index contributed by atoms with van der Waals surface area (Å²) in [4.78, 5) is 8.60. The molecule has 2 atom stereocenters. The summed E-state index contributed by atoms with van der Waals surface area (Å²) >= 11 is 0. The summed E-state index contributed by atoms with van der Waals surface area (Å²) in [6, 6.07) is 7.65. The third-order valence-corrected chi connectivity index (χ3v) is 2.46. The highest BCUT2D eigenvalue weighted by atomic mass is 31.1. The standard InChI is InChI=1S/C9H13O3P/c1-7-5-3-4-6-9(7)8(2)12-13(10)11/h3-6,8,13H,1-2H3,(H,10,11). The Kier molecular flexibility index (Phi) is 3.67. The van der Waals surface area contributed by atoms with Gasteiger partial charge in [0.1, 0.15) is 0 Å². The van der Waals surface area contributed by atoms with Gasteiger partial charge in [0, 0.05) is 0 Å². The zero-order chi connectivity index (χ0) is 9.84. The Morgan fingerprint density at radius 3 is 2.62 bits per heavy atom. The van der Waals surface area contributed by atoms with Crippen molar-refractivity contribution in [3.63, 3.8) is 0 Å². The summed E-state index contributed by atoms with van der Waals surface area (Å²) in [5, 5.41) is 0. The maximum atomic E-state index is 10.5. The molecule has 72 valence electrons. The van der Waals surface area contributed by atoms with E-state index < -0.39 is 8.25 Å². The van der Waals surface area contributed by atoms with E-state index in [1.807, 2.05) is 31.2 Å². The lowest BCUT2D eigenvalue weighted by molar-refractivity contribution is 0.208. The highest BCUT2D eigenvalue weighted by Crippen LogP contribution is 2.29. The second kappa shape index (κ2) is 4.56. The van der Waals surface area contributed by atoms with Crippen LogP contribution >= 0.6 is 8.25 Å². The Morgan fingerprint density at radius 2 is 2.08 bits per heavy atom. The Bertz CT molecular complexity index is 311. The molecule has 0 aromatic heterocycles. The summed E-state index contributed by atoms with van der Waals surface area (Å²) < 4.78 is 15.3. The van der Waals surface area contributed by atoms with Crippen LogP contribution in [0.5, 0.6) is 0 Å². The summed E-state index contributed by atoms with van der Waals surface area (Å²) in [5.74, 6) is 0. The number of aryl methyl sites for hydroxylation is 1. The molecular weight excluding hydrogens is 187 g/mol. The topological polar surface area (TPSA) is 46.5 Å². The van der Waals surface area contributed by atoms with E-state index in [0.29, 0.717) is 0 Å². The maximum absolute atomic E-state index is 10.5. The minimum atomic E-state index is -2.85. The van der Waals surface area contributed by atoms with Gasteiger partial charge in [-0.25, -0.2) is 0 Å². The van der Waals surface area contributed by atoms with E-state index in [9.17, 15) is 4.57 Å². The van der Waals surface area contributed by atoms with Crippen molar-refractivity contribution in [2.24, 2.45) is 0 Å². The highest BCUT2D eigenvalue weighted by Gasteiger charge is 2.09. The van der Waals surface area contributed by atoms with E-state index in [4.69, 9.17) is 9.42 Å². The van der Waals surface area contributed by atoms with Crippen molar-refractivity contribution in [1.29, 1.82) is 0 Å². The van der Waals surface area contributed by atoms with Crippen LogP contribution in [0.25, 0.3) is 0 Å². The number of hydrogen-bond donors (Lipinski definition) is 1. The lowest BCUT2D eigenvalue weighted by atomic mass is 10.1. The van der Waals surface area contributed by atoms with Crippen LogP contribution in [0.1, 0.15) is 24.2 Å². The summed E-state index contributed by atoms with van der Waals surface area (Å²) in [6.07, 6.45) is -0.322. The van der Waals surface area contributed by atoms with E-state index in [-0.39, 0.29) is 6.10 Å². The fourth-order valence-electron chi connectivity index (χ4n) is 1.26. The van der Waals surface area contributed by atoms with Gasteiger partial charge in [-0.05, 0) is 25.0 Å². The SMILES string of the molecule is Cc1ccccc1C(C)O[PH](=O)O. The molecule has 0 fully saturated rings. The fourth-order valence-corrected chi connectivity index (χ4v) is 1.69. The number of benzene rings is 1. The van der Waals surface area contributed by atoms with Crippen molar-refractivity contribution in [2.75, 3.05) is 0 Å². The third-order valence-electron chi connectivity index (χ3n) is 1.90. The molecule has 1 N–H and O–H groups in total. The summed E-state index contributed by atoms with van der Waals surface area (Å²) in [7, 11) is -2.85. The van der Waals surface area contributed by atoms with Gasteiger partial charge < -0.3 is 9.42 Å². The van der Waals surface area contributed by atoms with Crippen molar-refractivity contribution >= 4 is 8.25 Å². The van der Waals surface area contributed by atoms with E-state index in [0.717, 1.165) is 11.1 Å². The molecule has 0 saturated heterocycles. The second-order valence-corrected chi connectivity index (χ2v) is 3.65. The van der Waals surface area contributed by atoms with E-state index >= 15 is 0 Å². The van der Waals surface area contributed by atoms with Crippen molar-refractivity contribution in [3.05, 3.63) is 35.4 Å². The Balaban J connectivity index is 2.82. The van der Waals surface area contributed by atoms with Gasteiger partial charge in [-0.1, -0.05) is 24.3 Å². The van der Waals surface area contributed by atoms with Crippen LogP contribution in [0.4, 0.5) is 0 Å². The minimum Gasteiger partial charge on any atom is -0.326 e. The smallest absolute Gasteiger partial charge is 0.317 e. The maximum Gasteiger partial charge on any atom is 0.317 e. The summed E-state index contributed by atoms with van der Waals surface area (Å²) in [6.45, 7) is 3.71. The molecule has 0 bridgehead atoms. The Labute approximate surface area is 78.3 Å². The van der Waals surface area contributed by atoms with Gasteiger partial charge in [0.25, 0.3) is 0 Å². The lowest BCUT2D eigenvalue weighted by Gasteiger charge is -2.12. The van der Waals surface area contributed by atoms with Crippen molar-refractivity contribution in [2.45, 2.75) is 20.0 Å². The van der Waals surface area contributed by atoms with Crippen LogP contribution in [0.15, 0.2) is 24.3 Å². The molecule has 3 nitrogen and oxygen atoms in total. The Morgan fingerprint density at radius 1 is 1.46 bits per heavy atom. The third kappa shape index (κ3) is 2.96. The zero-order valence-corrected chi connectivity index (χ0v) is 8.65. The first kappa shape index (κ1) is 10.5. The van der Waals surface area contributed by atoms with Crippen LogP contribution in [-0.2, 0) is 9.09 Å². The predicted octanol–water partition coefficient (Wildman–Crippen LogP) is 2.45. The van der Waals surface area contributed by atoms with E-state index in [1.54, 1.807) is 6.92 Å². The predicted molar refractivity (Wildman–Crippen MR) is 51.9 cm³/mol. The first-order chi connectivity index (χ1) is 6.11. The van der Waals surface area contributed by atoms with Gasteiger partial charge in [0.05, 0.1) is 6.10 Å². The van der Waals surface area contributed by atoms with Crippen LogP contribution in [-0.4, -0.2) is 4.89 Å².